The van der Waals surface area contributed by atoms with Gasteiger partial charge in [0.15, 0.2) is 5.11 Å². The highest BCUT2D eigenvalue weighted by atomic mass is 79.9. The summed E-state index contributed by atoms with van der Waals surface area (Å²) in [6, 6.07) is 11.5. The van der Waals surface area contributed by atoms with Crippen LogP contribution in [0.5, 0.6) is 11.5 Å². The average molecular weight is 456 g/mol. The molecule has 1 heterocycles. The molecular formula is C19H20BrClN2O2S. The first-order chi connectivity index (χ1) is 12.3. The molecule has 26 heavy (non-hydrogen) atoms. The zero-order valence-electron chi connectivity index (χ0n) is 14.7. The number of hydrogen-bond donors (Lipinski definition) is 2. The molecular weight excluding hydrogens is 436 g/mol. The van der Waals surface area contributed by atoms with Crippen LogP contribution in [0.4, 0.5) is 5.69 Å². The Labute approximate surface area is 172 Å². The fourth-order valence-electron chi connectivity index (χ4n) is 2.99. The van der Waals surface area contributed by atoms with Gasteiger partial charge in [0, 0.05) is 28.2 Å². The van der Waals surface area contributed by atoms with Crippen molar-refractivity contribution in [1.82, 2.24) is 5.32 Å². The molecule has 2 aromatic carbocycles. The Kier molecular flexibility index (Phi) is 5.65. The van der Waals surface area contributed by atoms with Crippen LogP contribution in [-0.4, -0.2) is 17.8 Å². The van der Waals surface area contributed by atoms with Gasteiger partial charge in [-0.3, -0.25) is 0 Å². The van der Waals surface area contributed by atoms with Gasteiger partial charge in [-0.15, -0.1) is 0 Å². The molecule has 0 saturated heterocycles. The topological polar surface area (TPSA) is 42.5 Å². The largest absolute Gasteiger partial charge is 0.497 e. The van der Waals surface area contributed by atoms with Crippen molar-refractivity contribution in [2.75, 3.05) is 12.4 Å². The minimum Gasteiger partial charge on any atom is -0.497 e. The van der Waals surface area contributed by atoms with Crippen LogP contribution in [0.3, 0.4) is 0 Å². The van der Waals surface area contributed by atoms with Crippen molar-refractivity contribution in [1.29, 1.82) is 0 Å². The third-order valence-corrected chi connectivity index (χ3v) is 5.61. The van der Waals surface area contributed by atoms with Crippen LogP contribution in [0.1, 0.15) is 31.9 Å². The second kappa shape index (κ2) is 7.62. The van der Waals surface area contributed by atoms with Gasteiger partial charge in [0.05, 0.1) is 18.2 Å². The number of benzene rings is 2. The van der Waals surface area contributed by atoms with Crippen LogP contribution < -0.4 is 20.1 Å². The molecule has 4 nitrogen and oxygen atoms in total. The van der Waals surface area contributed by atoms with E-state index in [0.717, 1.165) is 33.6 Å². The predicted molar refractivity (Wildman–Crippen MR) is 114 cm³/mol. The lowest BCUT2D eigenvalue weighted by atomic mass is 9.89. The van der Waals surface area contributed by atoms with Crippen molar-refractivity contribution in [2.24, 2.45) is 0 Å². The van der Waals surface area contributed by atoms with Crippen LogP contribution in [0.15, 0.2) is 40.9 Å². The van der Waals surface area contributed by atoms with Crippen LogP contribution in [0, 0.1) is 0 Å². The molecule has 0 radical (unpaired) electrons. The van der Waals surface area contributed by atoms with E-state index < -0.39 is 0 Å². The molecule has 0 saturated carbocycles. The number of halogens is 2. The van der Waals surface area contributed by atoms with Crippen molar-refractivity contribution in [3.8, 4) is 11.5 Å². The Morgan fingerprint density at radius 1 is 1.31 bits per heavy atom. The van der Waals surface area contributed by atoms with Crippen molar-refractivity contribution in [3.05, 3.63) is 51.5 Å². The first-order valence-corrected chi connectivity index (χ1v) is 9.75. The highest BCUT2D eigenvalue weighted by Gasteiger charge is 2.34. The summed E-state index contributed by atoms with van der Waals surface area (Å²) in [6.07, 6.45) is 0.787. The van der Waals surface area contributed by atoms with Crippen LogP contribution >= 0.6 is 39.7 Å². The minimum absolute atomic E-state index is 0.0329. The van der Waals surface area contributed by atoms with Crippen LogP contribution in [0.25, 0.3) is 0 Å². The van der Waals surface area contributed by atoms with Crippen molar-refractivity contribution >= 4 is 50.5 Å². The average Bonchev–Trinajstić information content (AvgIpc) is 2.56. The molecule has 0 unspecified atom stereocenters. The zero-order chi connectivity index (χ0) is 18.9. The molecule has 1 atom stereocenters. The number of fused-ring (bicyclic) bond motifs is 1. The van der Waals surface area contributed by atoms with E-state index in [2.05, 4.69) is 40.4 Å². The van der Waals surface area contributed by atoms with E-state index >= 15 is 0 Å². The third-order valence-electron chi connectivity index (χ3n) is 4.16. The van der Waals surface area contributed by atoms with E-state index in [9.17, 15) is 0 Å². The zero-order valence-corrected chi connectivity index (χ0v) is 17.9. The van der Waals surface area contributed by atoms with Gasteiger partial charge in [-0.2, -0.15) is 0 Å². The van der Waals surface area contributed by atoms with E-state index in [-0.39, 0.29) is 11.6 Å². The van der Waals surface area contributed by atoms with Gasteiger partial charge in [0.25, 0.3) is 0 Å². The normalized spacial score (nSPS) is 17.7. The van der Waals surface area contributed by atoms with Crippen molar-refractivity contribution < 1.29 is 9.47 Å². The van der Waals surface area contributed by atoms with Gasteiger partial charge < -0.3 is 20.1 Å². The number of hydrogen-bond acceptors (Lipinski definition) is 3. The fourth-order valence-corrected chi connectivity index (χ4v) is 3.67. The highest BCUT2D eigenvalue weighted by molar-refractivity contribution is 9.10. The number of methoxy groups -OCH3 is 1. The lowest BCUT2D eigenvalue weighted by Crippen LogP contribution is -2.42. The molecule has 1 aliphatic heterocycles. The maximum absolute atomic E-state index is 6.14. The van der Waals surface area contributed by atoms with Gasteiger partial charge in [-0.05, 0) is 72.3 Å². The first-order valence-electron chi connectivity index (χ1n) is 8.17. The fraction of sp³-hybridized carbons (Fsp3) is 0.316. The summed E-state index contributed by atoms with van der Waals surface area (Å²) < 4.78 is 12.3. The molecule has 1 aliphatic rings. The van der Waals surface area contributed by atoms with Gasteiger partial charge in [0.2, 0.25) is 0 Å². The predicted octanol–water partition coefficient (Wildman–Crippen LogP) is 5.70. The van der Waals surface area contributed by atoms with Gasteiger partial charge >= 0.3 is 0 Å². The summed E-state index contributed by atoms with van der Waals surface area (Å²) >= 11 is 15.0. The van der Waals surface area contributed by atoms with E-state index in [1.54, 1.807) is 7.11 Å². The maximum Gasteiger partial charge on any atom is 0.171 e. The number of rotatable bonds is 3. The second-order valence-corrected chi connectivity index (χ2v) is 8.42. The minimum atomic E-state index is -0.312. The Balaban J connectivity index is 1.78. The summed E-state index contributed by atoms with van der Waals surface area (Å²) in [5.74, 6) is 1.58. The van der Waals surface area contributed by atoms with Gasteiger partial charge in [-0.1, -0.05) is 11.6 Å². The van der Waals surface area contributed by atoms with E-state index in [4.69, 9.17) is 33.3 Å². The standard InChI is InChI=1S/C19H20BrClN2O2S/c1-19(2)10-16(13-6-5-12(24-3)9-17(13)25-19)23-18(26)22-11-4-7-14(20)15(21)8-11/h4-9,16H,10H2,1-3H3,(H2,22,23,26)/t16-/m0/s1. The van der Waals surface area contributed by atoms with E-state index in [1.165, 1.54) is 0 Å². The Hall–Kier alpha value is -1.50. The van der Waals surface area contributed by atoms with Crippen LogP contribution in [0.2, 0.25) is 5.02 Å². The molecule has 0 spiro atoms. The van der Waals surface area contributed by atoms with E-state index in [1.807, 2.05) is 36.4 Å². The summed E-state index contributed by atoms with van der Waals surface area (Å²) in [5.41, 5.74) is 1.58. The third kappa shape index (κ3) is 4.42. The highest BCUT2D eigenvalue weighted by Crippen LogP contribution is 2.41. The van der Waals surface area contributed by atoms with Crippen molar-refractivity contribution in [3.63, 3.8) is 0 Å². The molecule has 0 bridgehead atoms. The molecule has 2 N–H and O–H groups in total. The second-order valence-electron chi connectivity index (χ2n) is 6.75. The summed E-state index contributed by atoms with van der Waals surface area (Å²) in [6.45, 7) is 4.13. The molecule has 0 aromatic heterocycles. The number of anilines is 1. The number of ether oxygens (including phenoxy) is 2. The molecule has 2 aromatic rings. The number of thiocarbonyl (C=S) groups is 1. The molecule has 0 aliphatic carbocycles. The van der Waals surface area contributed by atoms with Gasteiger partial charge in [0.1, 0.15) is 17.1 Å². The quantitative estimate of drug-likeness (QED) is 0.581. The van der Waals surface area contributed by atoms with Crippen LogP contribution in [-0.2, 0) is 0 Å². The molecule has 0 amide bonds. The Morgan fingerprint density at radius 3 is 2.77 bits per heavy atom. The number of nitrogens with one attached hydrogen (secondary N) is 2. The lowest BCUT2D eigenvalue weighted by molar-refractivity contribution is 0.0693. The Morgan fingerprint density at radius 2 is 2.08 bits per heavy atom. The smallest absolute Gasteiger partial charge is 0.171 e. The lowest BCUT2D eigenvalue weighted by Gasteiger charge is -2.38. The van der Waals surface area contributed by atoms with E-state index in [0.29, 0.717) is 10.1 Å². The first kappa shape index (κ1) is 19.3. The van der Waals surface area contributed by atoms with Gasteiger partial charge in [-0.25, -0.2) is 0 Å². The summed E-state index contributed by atoms with van der Waals surface area (Å²) in [7, 11) is 1.65. The molecule has 0 fully saturated rings. The maximum atomic E-state index is 6.14. The summed E-state index contributed by atoms with van der Waals surface area (Å²) in [4.78, 5) is 0. The van der Waals surface area contributed by atoms with Crippen molar-refractivity contribution in [2.45, 2.75) is 31.9 Å². The molecule has 7 heteroatoms. The molecule has 138 valence electrons. The Bertz CT molecular complexity index is 844. The molecule has 3 rings (SSSR count). The monoisotopic (exact) mass is 454 g/mol. The SMILES string of the molecule is COc1ccc2c(c1)OC(C)(C)C[C@@H]2NC(=S)Nc1ccc(Br)c(Cl)c1. The summed E-state index contributed by atoms with van der Waals surface area (Å²) in [5, 5.41) is 7.75.